The molecule has 0 aliphatic rings. The van der Waals surface area contributed by atoms with Gasteiger partial charge in [-0.3, -0.25) is 4.79 Å². The highest BCUT2D eigenvalue weighted by atomic mass is 16.5. The lowest BCUT2D eigenvalue weighted by Gasteiger charge is -2.12. The minimum atomic E-state index is -0.209. The molecule has 0 aliphatic heterocycles. The Hall–Kier alpha value is -2.24. The van der Waals surface area contributed by atoms with E-state index in [4.69, 9.17) is 10.3 Å². The van der Waals surface area contributed by atoms with E-state index in [1.54, 1.807) is 12.3 Å². The molecular formula is C12H16N4O2. The van der Waals surface area contributed by atoms with Crippen LogP contribution in [-0.2, 0) is 0 Å². The Morgan fingerprint density at radius 3 is 2.78 bits per heavy atom. The number of anilines is 1. The Morgan fingerprint density at radius 2 is 2.28 bits per heavy atom. The first-order valence-corrected chi connectivity index (χ1v) is 5.66. The van der Waals surface area contributed by atoms with Gasteiger partial charge in [-0.25, -0.2) is 0 Å². The van der Waals surface area contributed by atoms with Gasteiger partial charge in [0.15, 0.2) is 0 Å². The minimum Gasteiger partial charge on any atom is -0.397 e. The van der Waals surface area contributed by atoms with Crippen molar-refractivity contribution in [3.05, 3.63) is 35.0 Å². The highest BCUT2D eigenvalue weighted by Gasteiger charge is 2.19. The second kappa shape index (κ2) is 4.56. The first kappa shape index (κ1) is 12.2. The van der Waals surface area contributed by atoms with Crippen molar-refractivity contribution in [2.45, 2.75) is 26.8 Å². The lowest BCUT2D eigenvalue weighted by Crippen LogP contribution is -2.27. The lowest BCUT2D eigenvalue weighted by atomic mass is 10.1. The summed E-state index contributed by atoms with van der Waals surface area (Å²) in [4.78, 5) is 14.7. The lowest BCUT2D eigenvalue weighted by molar-refractivity contribution is 0.0935. The Balaban J connectivity index is 2.13. The standard InChI is InChI=1S/C12H16N4O2/c1-6(11-7(2)16-18-8(11)3)15-12(17)10-4-9(13)5-14-10/h4-6,14H,13H2,1-3H3,(H,15,17). The van der Waals surface area contributed by atoms with E-state index in [2.05, 4.69) is 15.5 Å². The number of amides is 1. The van der Waals surface area contributed by atoms with Gasteiger partial charge in [0.05, 0.1) is 11.7 Å². The number of nitrogen functional groups attached to an aromatic ring is 1. The van der Waals surface area contributed by atoms with E-state index in [1.807, 2.05) is 20.8 Å². The predicted octanol–water partition coefficient (Wildman–Crippen LogP) is 1.69. The molecule has 0 bridgehead atoms. The number of nitrogens with two attached hydrogens (primary N) is 1. The summed E-state index contributed by atoms with van der Waals surface area (Å²) in [6.45, 7) is 5.56. The van der Waals surface area contributed by atoms with Crippen LogP contribution in [0.25, 0.3) is 0 Å². The first-order valence-electron chi connectivity index (χ1n) is 5.66. The van der Waals surface area contributed by atoms with Gasteiger partial charge in [0.1, 0.15) is 11.5 Å². The molecule has 0 aromatic carbocycles. The highest BCUT2D eigenvalue weighted by Crippen LogP contribution is 2.21. The van der Waals surface area contributed by atoms with Crippen LogP contribution in [0.1, 0.15) is 40.5 Å². The number of carbonyl (C=O) groups is 1. The van der Waals surface area contributed by atoms with E-state index in [0.29, 0.717) is 17.1 Å². The second-order valence-corrected chi connectivity index (χ2v) is 4.28. The van der Waals surface area contributed by atoms with Crippen LogP contribution in [0.2, 0.25) is 0 Å². The number of hydrogen-bond acceptors (Lipinski definition) is 4. The summed E-state index contributed by atoms with van der Waals surface area (Å²) in [5.74, 6) is 0.505. The third-order valence-corrected chi connectivity index (χ3v) is 2.82. The summed E-state index contributed by atoms with van der Waals surface area (Å²) < 4.78 is 5.08. The van der Waals surface area contributed by atoms with Crippen LogP contribution in [0.3, 0.4) is 0 Å². The molecule has 6 heteroatoms. The van der Waals surface area contributed by atoms with E-state index in [9.17, 15) is 4.79 Å². The van der Waals surface area contributed by atoms with Gasteiger partial charge in [0.25, 0.3) is 5.91 Å². The van der Waals surface area contributed by atoms with Crippen molar-refractivity contribution < 1.29 is 9.32 Å². The smallest absolute Gasteiger partial charge is 0.268 e. The van der Waals surface area contributed by atoms with Crippen molar-refractivity contribution in [3.8, 4) is 0 Å². The fourth-order valence-electron chi connectivity index (χ4n) is 2.00. The average molecular weight is 248 g/mol. The van der Waals surface area contributed by atoms with Gasteiger partial charge in [-0.2, -0.15) is 0 Å². The molecule has 0 fully saturated rings. The van der Waals surface area contributed by atoms with Crippen LogP contribution in [0, 0.1) is 13.8 Å². The van der Waals surface area contributed by atoms with Crippen LogP contribution in [0.5, 0.6) is 0 Å². The summed E-state index contributed by atoms with van der Waals surface area (Å²) in [5, 5.41) is 6.74. The number of hydrogen-bond donors (Lipinski definition) is 3. The third-order valence-electron chi connectivity index (χ3n) is 2.82. The molecular weight excluding hydrogens is 232 g/mol. The number of aromatic amines is 1. The van der Waals surface area contributed by atoms with E-state index >= 15 is 0 Å². The van der Waals surface area contributed by atoms with Gasteiger partial charge in [0.2, 0.25) is 0 Å². The van der Waals surface area contributed by atoms with Crippen LogP contribution in [0.4, 0.5) is 5.69 Å². The molecule has 1 atom stereocenters. The van der Waals surface area contributed by atoms with Crippen LogP contribution < -0.4 is 11.1 Å². The topological polar surface area (TPSA) is 96.9 Å². The van der Waals surface area contributed by atoms with Crippen LogP contribution >= 0.6 is 0 Å². The fourth-order valence-corrected chi connectivity index (χ4v) is 2.00. The molecule has 0 radical (unpaired) electrons. The zero-order chi connectivity index (χ0) is 13.3. The van der Waals surface area contributed by atoms with Crippen molar-refractivity contribution in [3.63, 3.8) is 0 Å². The number of nitrogens with zero attached hydrogens (tertiary/aromatic N) is 1. The van der Waals surface area contributed by atoms with Gasteiger partial charge in [0, 0.05) is 17.4 Å². The van der Waals surface area contributed by atoms with Crippen molar-refractivity contribution in [2.24, 2.45) is 0 Å². The molecule has 2 rings (SSSR count). The van der Waals surface area contributed by atoms with E-state index in [-0.39, 0.29) is 11.9 Å². The number of nitrogens with one attached hydrogen (secondary N) is 2. The van der Waals surface area contributed by atoms with E-state index in [1.165, 1.54) is 0 Å². The Kier molecular flexibility index (Phi) is 3.10. The molecule has 1 amide bonds. The normalized spacial score (nSPS) is 12.4. The van der Waals surface area contributed by atoms with Gasteiger partial charge in [-0.15, -0.1) is 0 Å². The Morgan fingerprint density at radius 1 is 1.56 bits per heavy atom. The van der Waals surface area contributed by atoms with Gasteiger partial charge >= 0.3 is 0 Å². The van der Waals surface area contributed by atoms with Crippen molar-refractivity contribution in [2.75, 3.05) is 5.73 Å². The van der Waals surface area contributed by atoms with Crippen LogP contribution in [-0.4, -0.2) is 16.0 Å². The molecule has 0 saturated heterocycles. The second-order valence-electron chi connectivity index (χ2n) is 4.28. The first-order chi connectivity index (χ1) is 8.49. The molecule has 0 saturated carbocycles. The van der Waals surface area contributed by atoms with Crippen molar-refractivity contribution >= 4 is 11.6 Å². The van der Waals surface area contributed by atoms with Gasteiger partial charge in [-0.05, 0) is 26.8 Å². The van der Waals surface area contributed by atoms with E-state index in [0.717, 1.165) is 11.3 Å². The molecule has 18 heavy (non-hydrogen) atoms. The highest BCUT2D eigenvalue weighted by molar-refractivity contribution is 5.93. The average Bonchev–Trinajstić information content (AvgIpc) is 2.85. The predicted molar refractivity (Wildman–Crippen MR) is 67.1 cm³/mol. The number of aromatic nitrogens is 2. The zero-order valence-electron chi connectivity index (χ0n) is 10.6. The van der Waals surface area contributed by atoms with E-state index < -0.39 is 0 Å². The number of aryl methyl sites for hydroxylation is 2. The zero-order valence-corrected chi connectivity index (χ0v) is 10.6. The summed E-state index contributed by atoms with van der Waals surface area (Å²) in [6.07, 6.45) is 1.58. The quantitative estimate of drug-likeness (QED) is 0.770. The molecule has 0 aliphatic carbocycles. The molecule has 96 valence electrons. The number of carbonyl (C=O) groups excluding carboxylic acids is 1. The molecule has 2 aromatic heterocycles. The SMILES string of the molecule is Cc1noc(C)c1C(C)NC(=O)c1cc(N)c[nH]1. The number of H-pyrrole nitrogens is 1. The fraction of sp³-hybridized carbons (Fsp3) is 0.333. The maximum Gasteiger partial charge on any atom is 0.268 e. The molecule has 0 spiro atoms. The Labute approximate surface area is 105 Å². The summed E-state index contributed by atoms with van der Waals surface area (Å²) in [6, 6.07) is 1.42. The molecule has 6 nitrogen and oxygen atoms in total. The molecule has 2 heterocycles. The largest absolute Gasteiger partial charge is 0.397 e. The summed E-state index contributed by atoms with van der Waals surface area (Å²) in [5.41, 5.74) is 8.21. The van der Waals surface area contributed by atoms with Gasteiger partial charge in [-0.1, -0.05) is 5.16 Å². The number of rotatable bonds is 3. The van der Waals surface area contributed by atoms with Crippen molar-refractivity contribution in [1.29, 1.82) is 0 Å². The maximum absolute atomic E-state index is 11.9. The third kappa shape index (κ3) is 2.22. The molecule has 2 aromatic rings. The van der Waals surface area contributed by atoms with Crippen molar-refractivity contribution in [1.82, 2.24) is 15.5 Å². The minimum absolute atomic E-state index is 0.173. The van der Waals surface area contributed by atoms with Gasteiger partial charge < -0.3 is 20.6 Å². The molecule has 1 unspecified atom stereocenters. The maximum atomic E-state index is 11.9. The monoisotopic (exact) mass is 248 g/mol. The van der Waals surface area contributed by atoms with Crippen LogP contribution in [0.15, 0.2) is 16.8 Å². The summed E-state index contributed by atoms with van der Waals surface area (Å²) >= 11 is 0. The Bertz CT molecular complexity index is 551. The summed E-state index contributed by atoms with van der Waals surface area (Å²) in [7, 11) is 0. The molecule has 4 N–H and O–H groups in total.